The molecular weight excluding hydrogens is 340 g/mol. The summed E-state index contributed by atoms with van der Waals surface area (Å²) in [4.78, 5) is 9.23. The Morgan fingerprint density at radius 2 is 2.15 bits per heavy atom. The van der Waals surface area contributed by atoms with E-state index < -0.39 is 0 Å². The lowest BCUT2D eigenvalue weighted by molar-refractivity contribution is -0.171. The van der Waals surface area contributed by atoms with Crippen molar-refractivity contribution in [1.82, 2.24) is 25.4 Å². The highest BCUT2D eigenvalue weighted by atomic mass is 16.5. The summed E-state index contributed by atoms with van der Waals surface area (Å²) in [5.41, 5.74) is 0.372. The van der Waals surface area contributed by atoms with E-state index in [9.17, 15) is 0 Å². The van der Waals surface area contributed by atoms with Gasteiger partial charge >= 0.3 is 0 Å². The van der Waals surface area contributed by atoms with Crippen LogP contribution in [0.3, 0.4) is 0 Å². The summed E-state index contributed by atoms with van der Waals surface area (Å²) in [6.45, 7) is 6.09. The number of nitrogens with one attached hydrogen (secondary N) is 2. The normalized spacial score (nSPS) is 34.0. The van der Waals surface area contributed by atoms with Crippen LogP contribution in [0.15, 0.2) is 4.99 Å². The largest absolute Gasteiger partial charge is 0.377 e. The van der Waals surface area contributed by atoms with Gasteiger partial charge in [-0.2, -0.15) is 5.10 Å². The lowest BCUT2D eigenvalue weighted by Crippen LogP contribution is -2.72. The van der Waals surface area contributed by atoms with Crippen molar-refractivity contribution < 1.29 is 4.74 Å². The number of hydrogen-bond donors (Lipinski definition) is 2. The van der Waals surface area contributed by atoms with E-state index >= 15 is 0 Å². The number of nitrogens with zero attached hydrogens (tertiary/aromatic N) is 4. The fraction of sp³-hybridized carbons (Fsp3) is 0.850. The van der Waals surface area contributed by atoms with Gasteiger partial charge in [0.05, 0.1) is 12.6 Å². The van der Waals surface area contributed by atoms with Crippen LogP contribution in [0.2, 0.25) is 0 Å². The maximum Gasteiger partial charge on any atom is 0.191 e. The number of hydrogen-bond acceptors (Lipinski definition) is 4. The maximum absolute atomic E-state index is 6.05. The van der Waals surface area contributed by atoms with Crippen LogP contribution in [0.1, 0.15) is 63.5 Å². The summed E-state index contributed by atoms with van der Waals surface area (Å²) in [6, 6.07) is 0.862. The summed E-state index contributed by atoms with van der Waals surface area (Å²) >= 11 is 0. The van der Waals surface area contributed by atoms with E-state index in [1.54, 1.807) is 0 Å². The van der Waals surface area contributed by atoms with Crippen molar-refractivity contribution in [2.24, 2.45) is 16.3 Å². The van der Waals surface area contributed by atoms with Gasteiger partial charge in [-0.1, -0.05) is 20.3 Å². The molecule has 1 saturated heterocycles. The number of aryl methyl sites for hydroxylation is 1. The Hall–Kier alpha value is -1.63. The Morgan fingerprint density at radius 1 is 1.30 bits per heavy atom. The molecular formula is C20H32N6O. The predicted molar refractivity (Wildman–Crippen MR) is 104 cm³/mol. The monoisotopic (exact) mass is 372 g/mol. The van der Waals surface area contributed by atoms with Gasteiger partial charge in [-0.15, -0.1) is 0 Å². The van der Waals surface area contributed by atoms with Crippen LogP contribution in [0, 0.1) is 11.3 Å². The molecule has 2 aliphatic carbocycles. The zero-order valence-corrected chi connectivity index (χ0v) is 16.7. The standard InChI is InChI=1S/C20H32N6O/c1-12(2)18-23-15-6-5-13(11-26(15)25-18)22-19(21-3)24-16-14-7-10-27-17(14)20(16)8-4-9-20/h12-14,16-17H,4-11H2,1-3H3,(H2,21,22,24). The summed E-state index contributed by atoms with van der Waals surface area (Å²) in [5.74, 6) is 4.06. The first-order chi connectivity index (χ1) is 13.1. The second-order valence-corrected chi connectivity index (χ2v) is 9.13. The number of guanidine groups is 1. The minimum atomic E-state index is 0.346. The second kappa shape index (κ2) is 6.47. The van der Waals surface area contributed by atoms with Crippen molar-refractivity contribution in [1.29, 1.82) is 0 Å². The van der Waals surface area contributed by atoms with Crippen LogP contribution in [0.4, 0.5) is 0 Å². The molecule has 0 radical (unpaired) electrons. The Bertz CT molecular complexity index is 737. The minimum absolute atomic E-state index is 0.346. The van der Waals surface area contributed by atoms with Gasteiger partial charge < -0.3 is 15.4 Å². The summed E-state index contributed by atoms with van der Waals surface area (Å²) in [7, 11) is 1.88. The van der Waals surface area contributed by atoms with E-state index in [2.05, 4.69) is 34.2 Å². The van der Waals surface area contributed by atoms with Gasteiger partial charge in [-0.3, -0.25) is 4.99 Å². The van der Waals surface area contributed by atoms with Gasteiger partial charge in [0.1, 0.15) is 5.82 Å². The zero-order chi connectivity index (χ0) is 18.6. The quantitative estimate of drug-likeness (QED) is 0.625. The van der Waals surface area contributed by atoms with Crippen molar-refractivity contribution in [3.8, 4) is 0 Å². The van der Waals surface area contributed by atoms with E-state index in [0.29, 0.717) is 35.4 Å². The highest BCUT2D eigenvalue weighted by molar-refractivity contribution is 5.80. The van der Waals surface area contributed by atoms with Crippen LogP contribution >= 0.6 is 0 Å². The second-order valence-electron chi connectivity index (χ2n) is 9.13. The maximum atomic E-state index is 6.05. The van der Waals surface area contributed by atoms with Crippen molar-refractivity contribution in [3.05, 3.63) is 11.6 Å². The van der Waals surface area contributed by atoms with Crippen molar-refractivity contribution in [3.63, 3.8) is 0 Å². The van der Waals surface area contributed by atoms with Gasteiger partial charge in [0.15, 0.2) is 11.8 Å². The van der Waals surface area contributed by atoms with E-state index in [4.69, 9.17) is 14.8 Å². The third-order valence-corrected chi connectivity index (χ3v) is 7.28. The van der Waals surface area contributed by atoms with Gasteiger partial charge in [0.2, 0.25) is 0 Å². The number of aliphatic imine (C=N–C) groups is 1. The highest BCUT2D eigenvalue weighted by Gasteiger charge is 2.66. The Balaban J connectivity index is 1.24. The molecule has 1 spiro atoms. The fourth-order valence-corrected chi connectivity index (χ4v) is 5.66. The third-order valence-electron chi connectivity index (χ3n) is 7.28. The fourth-order valence-electron chi connectivity index (χ4n) is 5.66. The predicted octanol–water partition coefficient (Wildman–Crippen LogP) is 1.84. The first kappa shape index (κ1) is 17.5. The lowest BCUT2D eigenvalue weighted by Gasteiger charge is -2.63. The van der Waals surface area contributed by atoms with Crippen LogP contribution in [0.25, 0.3) is 0 Å². The van der Waals surface area contributed by atoms with Crippen LogP contribution in [0.5, 0.6) is 0 Å². The highest BCUT2D eigenvalue weighted by Crippen LogP contribution is 2.62. The zero-order valence-electron chi connectivity index (χ0n) is 16.7. The Kier molecular flexibility index (Phi) is 4.18. The molecule has 2 aliphatic heterocycles. The molecule has 7 heteroatoms. The molecule has 0 aromatic carbocycles. The molecule has 3 heterocycles. The molecule has 0 amide bonds. The molecule has 2 N–H and O–H groups in total. The van der Waals surface area contributed by atoms with Gasteiger partial charge in [-0.25, -0.2) is 9.67 Å². The van der Waals surface area contributed by atoms with Crippen molar-refractivity contribution in [2.45, 2.75) is 83.0 Å². The van der Waals surface area contributed by atoms with Gasteiger partial charge in [0.25, 0.3) is 0 Å². The van der Waals surface area contributed by atoms with Gasteiger partial charge in [0, 0.05) is 49.4 Å². The minimum Gasteiger partial charge on any atom is -0.377 e. The molecule has 1 aromatic heterocycles. The van der Waals surface area contributed by atoms with Crippen molar-refractivity contribution >= 4 is 5.96 Å². The molecule has 5 rings (SSSR count). The smallest absolute Gasteiger partial charge is 0.191 e. The molecule has 27 heavy (non-hydrogen) atoms. The van der Waals surface area contributed by atoms with Crippen LogP contribution in [-0.2, 0) is 17.7 Å². The van der Waals surface area contributed by atoms with Gasteiger partial charge in [-0.05, 0) is 25.7 Å². The molecule has 0 bridgehead atoms. The summed E-state index contributed by atoms with van der Waals surface area (Å²) in [5, 5.41) is 12.1. The molecule has 4 unspecified atom stereocenters. The average Bonchev–Trinajstić information content (AvgIpc) is 3.22. The molecule has 7 nitrogen and oxygen atoms in total. The molecule has 4 aliphatic rings. The molecule has 4 atom stereocenters. The Morgan fingerprint density at radius 3 is 2.85 bits per heavy atom. The van der Waals surface area contributed by atoms with Crippen molar-refractivity contribution in [2.75, 3.05) is 13.7 Å². The average molecular weight is 373 g/mol. The summed E-state index contributed by atoms with van der Waals surface area (Å²) in [6.07, 6.45) is 7.65. The molecule has 1 aromatic rings. The van der Waals surface area contributed by atoms with Crippen LogP contribution in [-0.4, -0.2) is 52.6 Å². The number of fused-ring (bicyclic) bond motifs is 3. The lowest BCUT2D eigenvalue weighted by atomic mass is 9.46. The molecule has 148 valence electrons. The third kappa shape index (κ3) is 2.69. The first-order valence-corrected chi connectivity index (χ1v) is 10.7. The topological polar surface area (TPSA) is 76.4 Å². The number of aromatic nitrogens is 3. The van der Waals surface area contributed by atoms with E-state index in [0.717, 1.165) is 43.6 Å². The first-order valence-electron chi connectivity index (χ1n) is 10.7. The molecule has 2 saturated carbocycles. The summed E-state index contributed by atoms with van der Waals surface area (Å²) < 4.78 is 8.13. The molecule has 3 fully saturated rings. The van der Waals surface area contributed by atoms with E-state index in [1.165, 1.54) is 25.7 Å². The van der Waals surface area contributed by atoms with Crippen LogP contribution < -0.4 is 10.6 Å². The van der Waals surface area contributed by atoms with E-state index in [1.807, 2.05) is 7.05 Å². The Labute approximate surface area is 161 Å². The number of ether oxygens (including phenoxy) is 1. The SMILES string of the molecule is CN=C(NC1CCc2nc(C(C)C)nn2C1)NC1C2CCOC2C12CCC2. The number of rotatable bonds is 3. The van der Waals surface area contributed by atoms with E-state index in [-0.39, 0.29) is 0 Å².